The zero-order chi connectivity index (χ0) is 18.1. The van der Waals surface area contributed by atoms with E-state index in [9.17, 15) is 13.2 Å². The smallest absolute Gasteiger partial charge is 0.153 e. The zero-order valence-electron chi connectivity index (χ0n) is 13.9. The fraction of sp³-hybridized carbons (Fsp3) is 0.333. The molecule has 4 nitrogen and oxygen atoms in total. The minimum atomic E-state index is -0.931. The molecule has 26 heavy (non-hydrogen) atoms. The number of rotatable bonds is 4. The molecule has 2 aliphatic heterocycles. The summed E-state index contributed by atoms with van der Waals surface area (Å²) in [6, 6.07) is 8.79. The molecule has 0 saturated carbocycles. The van der Waals surface area contributed by atoms with Gasteiger partial charge in [0.25, 0.3) is 0 Å². The van der Waals surface area contributed by atoms with Crippen LogP contribution in [0.4, 0.5) is 30.2 Å². The number of anilines is 3. The number of nitrogens with one attached hydrogen (secondary N) is 1. The third-order valence-corrected chi connectivity index (χ3v) is 5.51. The van der Waals surface area contributed by atoms with Crippen LogP contribution in [0.25, 0.3) is 0 Å². The number of hydrogen-bond donors (Lipinski definition) is 1. The number of halogens is 3. The second-order valence-corrected chi connectivity index (χ2v) is 7.14. The molecule has 0 bridgehead atoms. The second-order valence-electron chi connectivity index (χ2n) is 6.17. The molecule has 1 N–H and O–H groups in total. The van der Waals surface area contributed by atoms with Gasteiger partial charge < -0.3 is 10.1 Å². The summed E-state index contributed by atoms with van der Waals surface area (Å²) in [5.41, 5.74) is 1.27. The first kappa shape index (κ1) is 17.5. The largest absolute Gasteiger partial charge is 0.376 e. The molecule has 2 heterocycles. The zero-order valence-corrected chi connectivity index (χ0v) is 14.7. The maximum absolute atomic E-state index is 14.3. The lowest BCUT2D eigenvalue weighted by atomic mass is 10.2. The first-order chi connectivity index (χ1) is 12.6. The summed E-state index contributed by atoms with van der Waals surface area (Å²) >= 11 is 1.20. The van der Waals surface area contributed by atoms with Gasteiger partial charge in [0.05, 0.1) is 36.2 Å². The Morgan fingerprint density at radius 2 is 1.85 bits per heavy atom. The van der Waals surface area contributed by atoms with Gasteiger partial charge in [-0.25, -0.2) is 13.2 Å². The highest BCUT2D eigenvalue weighted by Gasteiger charge is 2.32. The Kier molecular flexibility index (Phi) is 4.97. The van der Waals surface area contributed by atoms with Crippen LogP contribution in [0, 0.1) is 17.5 Å². The molecule has 0 spiro atoms. The molecule has 0 unspecified atom stereocenters. The molecule has 0 radical (unpaired) electrons. The number of morpholine rings is 1. The standard InChI is InChI=1S/C18H18F3N3OS/c19-12-9-14(20)18(15(21)10-12)24-17-4-2-1-3-16(17)23(26-24)7-5-13-11-22-6-8-25-13/h1-4,9-10,13,22H,5-8,11H2/t13-/m0/s1. The Morgan fingerprint density at radius 1 is 1.12 bits per heavy atom. The molecule has 0 amide bonds. The first-order valence-corrected chi connectivity index (χ1v) is 9.18. The van der Waals surface area contributed by atoms with Crippen molar-refractivity contribution in [2.75, 3.05) is 34.9 Å². The molecule has 4 rings (SSSR count). The van der Waals surface area contributed by atoms with Gasteiger partial charge in [0.1, 0.15) is 11.5 Å². The van der Waals surface area contributed by atoms with E-state index in [4.69, 9.17) is 4.74 Å². The summed E-state index contributed by atoms with van der Waals surface area (Å²) in [6.45, 7) is 3.00. The third kappa shape index (κ3) is 3.36. The Hall–Kier alpha value is -1.90. The van der Waals surface area contributed by atoms with Crippen molar-refractivity contribution in [3.8, 4) is 0 Å². The van der Waals surface area contributed by atoms with Crippen LogP contribution in [0.5, 0.6) is 0 Å². The molecule has 8 heteroatoms. The van der Waals surface area contributed by atoms with E-state index in [-0.39, 0.29) is 11.8 Å². The van der Waals surface area contributed by atoms with Crippen molar-refractivity contribution in [1.82, 2.24) is 5.32 Å². The van der Waals surface area contributed by atoms with Crippen LogP contribution >= 0.6 is 12.1 Å². The van der Waals surface area contributed by atoms with E-state index in [1.54, 1.807) is 6.07 Å². The highest BCUT2D eigenvalue weighted by atomic mass is 32.2. The predicted molar refractivity (Wildman–Crippen MR) is 97.1 cm³/mol. The summed E-state index contributed by atoms with van der Waals surface area (Å²) < 4.78 is 51.0. The van der Waals surface area contributed by atoms with E-state index in [0.717, 1.165) is 25.2 Å². The van der Waals surface area contributed by atoms with E-state index in [1.165, 1.54) is 16.4 Å². The summed E-state index contributed by atoms with van der Waals surface area (Å²) in [7, 11) is 0. The van der Waals surface area contributed by atoms with Crippen molar-refractivity contribution in [1.29, 1.82) is 0 Å². The summed E-state index contributed by atoms with van der Waals surface area (Å²) in [4.78, 5) is 0. The lowest BCUT2D eigenvalue weighted by Crippen LogP contribution is -2.39. The summed E-state index contributed by atoms with van der Waals surface area (Å²) in [6.07, 6.45) is 0.904. The summed E-state index contributed by atoms with van der Waals surface area (Å²) in [5, 5.41) is 3.29. The van der Waals surface area contributed by atoms with Gasteiger partial charge in [-0.1, -0.05) is 12.1 Å². The fourth-order valence-corrected chi connectivity index (χ4v) is 4.28. The molecule has 1 fully saturated rings. The highest BCUT2D eigenvalue weighted by Crippen LogP contribution is 2.50. The Balaban J connectivity index is 1.58. The highest BCUT2D eigenvalue weighted by molar-refractivity contribution is 8.02. The predicted octanol–water partition coefficient (Wildman–Crippen LogP) is 4.00. The van der Waals surface area contributed by atoms with E-state index in [1.807, 2.05) is 22.5 Å². The minimum Gasteiger partial charge on any atom is -0.376 e. The number of benzene rings is 2. The van der Waals surface area contributed by atoms with Gasteiger partial charge >= 0.3 is 0 Å². The van der Waals surface area contributed by atoms with Gasteiger partial charge in [0, 0.05) is 31.8 Å². The van der Waals surface area contributed by atoms with Gasteiger partial charge in [-0.2, -0.15) is 0 Å². The van der Waals surface area contributed by atoms with Crippen molar-refractivity contribution < 1.29 is 17.9 Å². The molecule has 0 aliphatic carbocycles. The third-order valence-electron chi connectivity index (χ3n) is 4.39. The van der Waals surface area contributed by atoms with E-state index >= 15 is 0 Å². The topological polar surface area (TPSA) is 27.7 Å². The maximum atomic E-state index is 14.3. The SMILES string of the molecule is Fc1cc(F)c(N2SN(CC[C@H]3CNCCO3)c3ccccc32)c(F)c1. The van der Waals surface area contributed by atoms with Gasteiger partial charge in [-0.3, -0.25) is 8.61 Å². The van der Waals surface area contributed by atoms with Crippen LogP contribution in [-0.2, 0) is 4.74 Å². The molecule has 0 aromatic heterocycles. The van der Waals surface area contributed by atoms with Crippen LogP contribution < -0.4 is 13.9 Å². The van der Waals surface area contributed by atoms with E-state index in [0.29, 0.717) is 31.0 Å². The molecule has 1 saturated heterocycles. The normalized spacial score (nSPS) is 19.7. The van der Waals surface area contributed by atoms with Gasteiger partial charge in [-0.15, -0.1) is 0 Å². The molecular weight excluding hydrogens is 363 g/mol. The van der Waals surface area contributed by atoms with Crippen molar-refractivity contribution in [2.24, 2.45) is 0 Å². The van der Waals surface area contributed by atoms with Crippen LogP contribution in [0.2, 0.25) is 0 Å². The maximum Gasteiger partial charge on any atom is 0.153 e. The number of nitrogens with zero attached hydrogens (tertiary/aromatic N) is 2. The Bertz CT molecular complexity index is 778. The lowest BCUT2D eigenvalue weighted by Gasteiger charge is -2.26. The number of hydrogen-bond acceptors (Lipinski definition) is 5. The molecule has 2 aromatic carbocycles. The van der Waals surface area contributed by atoms with Gasteiger partial charge in [0.15, 0.2) is 11.6 Å². The quantitative estimate of drug-likeness (QED) is 0.808. The van der Waals surface area contributed by atoms with Crippen LogP contribution in [0.3, 0.4) is 0 Å². The fourth-order valence-electron chi connectivity index (χ4n) is 3.15. The van der Waals surface area contributed by atoms with Crippen molar-refractivity contribution in [3.05, 3.63) is 53.8 Å². The summed E-state index contributed by atoms with van der Waals surface area (Å²) in [5.74, 6) is -2.78. The Morgan fingerprint density at radius 3 is 2.54 bits per heavy atom. The number of ether oxygens (including phenoxy) is 1. The second kappa shape index (κ2) is 7.38. The number of para-hydroxylation sites is 2. The van der Waals surface area contributed by atoms with Crippen molar-refractivity contribution in [3.63, 3.8) is 0 Å². The molecule has 138 valence electrons. The molecule has 2 aliphatic rings. The molecule has 2 aromatic rings. The number of fused-ring (bicyclic) bond motifs is 1. The lowest BCUT2D eigenvalue weighted by molar-refractivity contribution is 0.0254. The van der Waals surface area contributed by atoms with Crippen molar-refractivity contribution >= 4 is 29.2 Å². The molecular formula is C18H18F3N3OS. The minimum absolute atomic E-state index is 0.116. The van der Waals surface area contributed by atoms with Crippen LogP contribution in [-0.4, -0.2) is 32.3 Å². The van der Waals surface area contributed by atoms with Crippen molar-refractivity contribution in [2.45, 2.75) is 12.5 Å². The van der Waals surface area contributed by atoms with Gasteiger partial charge in [-0.05, 0) is 18.6 Å². The van der Waals surface area contributed by atoms with E-state index < -0.39 is 17.5 Å². The first-order valence-electron chi connectivity index (χ1n) is 8.45. The monoisotopic (exact) mass is 381 g/mol. The van der Waals surface area contributed by atoms with Crippen LogP contribution in [0.15, 0.2) is 36.4 Å². The average Bonchev–Trinajstić information content (AvgIpc) is 2.99. The van der Waals surface area contributed by atoms with Crippen LogP contribution in [0.1, 0.15) is 6.42 Å². The van der Waals surface area contributed by atoms with E-state index in [2.05, 4.69) is 5.32 Å². The van der Waals surface area contributed by atoms with Gasteiger partial charge in [0.2, 0.25) is 0 Å². The average molecular weight is 381 g/mol. The molecule has 1 atom stereocenters. The Labute approximate surface area is 154 Å².